The summed E-state index contributed by atoms with van der Waals surface area (Å²) < 4.78 is 2.58. The summed E-state index contributed by atoms with van der Waals surface area (Å²) in [6, 6.07) is 41.0. The predicted octanol–water partition coefficient (Wildman–Crippen LogP) is 9.48. The molecule has 0 radical (unpaired) electrons. The Balaban J connectivity index is 1.44. The Hall–Kier alpha value is -4.78. The molecule has 0 aliphatic heterocycles. The summed E-state index contributed by atoms with van der Waals surface area (Å²) in [5.41, 5.74) is 7.40. The van der Waals surface area contributed by atoms with Gasteiger partial charge in [-0.1, -0.05) is 84.9 Å². The van der Waals surface area contributed by atoms with Crippen molar-refractivity contribution in [3.05, 3.63) is 127 Å². The van der Waals surface area contributed by atoms with Crippen LogP contribution in [0.1, 0.15) is 5.56 Å². The van der Waals surface area contributed by atoms with E-state index in [1.54, 1.807) is 6.20 Å². The molecule has 0 atom stereocenters. The van der Waals surface area contributed by atoms with Gasteiger partial charge in [-0.05, 0) is 62.9 Å². The fourth-order valence-electron chi connectivity index (χ4n) is 5.21. The molecule has 2 heterocycles. The molecule has 0 amide bonds. The van der Waals surface area contributed by atoms with Gasteiger partial charge in [0.25, 0.3) is 0 Å². The first kappa shape index (κ1) is 21.5. The Labute approximate surface area is 218 Å². The summed E-state index contributed by atoms with van der Waals surface area (Å²) in [6.45, 7) is 0. The largest absolute Gasteiger partial charge is 0.263 e. The summed E-state index contributed by atoms with van der Waals surface area (Å²) in [5.74, 6) is 0. The Morgan fingerprint density at radius 3 is 2.16 bits per heavy atom. The zero-order valence-electron chi connectivity index (χ0n) is 19.8. The molecule has 172 valence electrons. The van der Waals surface area contributed by atoms with E-state index in [0.29, 0.717) is 5.56 Å². The molecule has 0 bridgehead atoms. The van der Waals surface area contributed by atoms with Crippen LogP contribution in [0.25, 0.3) is 64.3 Å². The molecule has 3 heteroatoms. The lowest BCUT2D eigenvalue weighted by atomic mass is 9.93. The lowest BCUT2D eigenvalue weighted by Gasteiger charge is -2.11. The molecular formula is C34H20N2S. The first-order valence-corrected chi connectivity index (χ1v) is 13.0. The maximum absolute atomic E-state index is 9.31. The molecule has 5 aromatic carbocycles. The number of hydrogen-bond acceptors (Lipinski definition) is 3. The van der Waals surface area contributed by atoms with Gasteiger partial charge in [0.1, 0.15) is 6.07 Å². The number of fused-ring (bicyclic) bond motifs is 5. The zero-order valence-corrected chi connectivity index (χ0v) is 20.7. The van der Waals surface area contributed by atoms with Gasteiger partial charge in [-0.25, -0.2) is 0 Å². The van der Waals surface area contributed by atoms with Crippen molar-refractivity contribution >= 4 is 42.3 Å². The third kappa shape index (κ3) is 3.67. The van der Waals surface area contributed by atoms with Crippen LogP contribution in [-0.2, 0) is 0 Å². The predicted molar refractivity (Wildman–Crippen MR) is 156 cm³/mol. The number of pyridine rings is 1. The van der Waals surface area contributed by atoms with Gasteiger partial charge in [0.05, 0.1) is 5.56 Å². The van der Waals surface area contributed by atoms with Crippen molar-refractivity contribution in [3.63, 3.8) is 0 Å². The molecule has 0 aliphatic rings. The van der Waals surface area contributed by atoms with Crippen molar-refractivity contribution in [1.29, 1.82) is 5.26 Å². The fraction of sp³-hybridized carbons (Fsp3) is 0. The molecule has 0 fully saturated rings. The molecule has 0 spiro atoms. The smallest absolute Gasteiger partial charge is 0.101 e. The number of nitriles is 1. The molecule has 7 rings (SSSR count). The van der Waals surface area contributed by atoms with Gasteiger partial charge in [0, 0.05) is 38.1 Å². The summed E-state index contributed by atoms with van der Waals surface area (Å²) >= 11 is 1.85. The topological polar surface area (TPSA) is 36.7 Å². The van der Waals surface area contributed by atoms with E-state index in [-0.39, 0.29) is 0 Å². The van der Waals surface area contributed by atoms with E-state index < -0.39 is 0 Å². The van der Waals surface area contributed by atoms with Gasteiger partial charge in [-0.2, -0.15) is 5.26 Å². The minimum atomic E-state index is 0.565. The lowest BCUT2D eigenvalue weighted by molar-refractivity contribution is 1.30. The number of rotatable bonds is 3. The summed E-state index contributed by atoms with van der Waals surface area (Å²) in [5, 5.41) is 14.4. The van der Waals surface area contributed by atoms with Crippen LogP contribution in [-0.4, -0.2) is 4.98 Å². The second kappa shape index (κ2) is 8.71. The van der Waals surface area contributed by atoms with Crippen LogP contribution in [0, 0.1) is 11.3 Å². The fourth-order valence-corrected chi connectivity index (χ4v) is 6.42. The SMILES string of the molecule is N#Cc1cncc(-c2cccc(-c3cc4sc5cc(-c6ccccc6)ccc5c4c4ccccc34)c2)c1. The quantitative estimate of drug-likeness (QED) is 0.248. The Bertz CT molecular complexity index is 1990. The van der Waals surface area contributed by atoms with Crippen LogP contribution >= 0.6 is 11.3 Å². The number of hydrogen-bond donors (Lipinski definition) is 0. The van der Waals surface area contributed by atoms with Crippen molar-refractivity contribution in [2.24, 2.45) is 0 Å². The highest BCUT2D eigenvalue weighted by molar-refractivity contribution is 7.26. The standard InChI is InChI=1S/C34H20N2S/c35-19-22-15-27(21-36-20-22)24-9-6-10-26(16-24)31-18-33-34(29-12-5-4-11-28(29)31)30-14-13-25(17-32(30)37-33)23-7-2-1-3-8-23/h1-18,20-21H. The average molecular weight is 489 g/mol. The van der Waals surface area contributed by atoms with Gasteiger partial charge < -0.3 is 0 Å². The van der Waals surface area contributed by atoms with Crippen molar-refractivity contribution in [1.82, 2.24) is 4.98 Å². The Morgan fingerprint density at radius 2 is 1.30 bits per heavy atom. The van der Waals surface area contributed by atoms with Crippen LogP contribution in [0.2, 0.25) is 0 Å². The van der Waals surface area contributed by atoms with Crippen molar-refractivity contribution in [2.45, 2.75) is 0 Å². The van der Waals surface area contributed by atoms with Gasteiger partial charge in [-0.3, -0.25) is 4.98 Å². The summed E-state index contributed by atoms with van der Waals surface area (Å²) in [4.78, 5) is 4.26. The maximum Gasteiger partial charge on any atom is 0.101 e. The van der Waals surface area contributed by atoms with E-state index in [1.165, 1.54) is 47.6 Å². The van der Waals surface area contributed by atoms with E-state index in [1.807, 2.05) is 23.6 Å². The Morgan fingerprint density at radius 1 is 0.541 bits per heavy atom. The second-order valence-corrected chi connectivity index (χ2v) is 10.3. The maximum atomic E-state index is 9.31. The van der Waals surface area contributed by atoms with Crippen LogP contribution in [0.3, 0.4) is 0 Å². The molecule has 0 saturated carbocycles. The van der Waals surface area contributed by atoms with E-state index in [9.17, 15) is 5.26 Å². The molecule has 7 aromatic rings. The summed E-state index contributed by atoms with van der Waals surface area (Å²) in [6.07, 6.45) is 3.41. The lowest BCUT2D eigenvalue weighted by Crippen LogP contribution is -1.86. The van der Waals surface area contributed by atoms with Crippen LogP contribution in [0.5, 0.6) is 0 Å². The average Bonchev–Trinajstić information content (AvgIpc) is 3.35. The highest BCUT2D eigenvalue weighted by atomic mass is 32.1. The minimum Gasteiger partial charge on any atom is -0.263 e. The first-order valence-electron chi connectivity index (χ1n) is 12.2. The van der Waals surface area contributed by atoms with Crippen LogP contribution in [0.4, 0.5) is 0 Å². The number of benzene rings is 5. The minimum absolute atomic E-state index is 0.565. The second-order valence-electron chi connectivity index (χ2n) is 9.18. The van der Waals surface area contributed by atoms with Crippen LogP contribution < -0.4 is 0 Å². The third-order valence-corrected chi connectivity index (χ3v) is 8.06. The highest BCUT2D eigenvalue weighted by Crippen LogP contribution is 2.44. The zero-order chi connectivity index (χ0) is 24.8. The van der Waals surface area contributed by atoms with E-state index in [4.69, 9.17) is 0 Å². The van der Waals surface area contributed by atoms with Gasteiger partial charge in [-0.15, -0.1) is 11.3 Å². The molecule has 2 nitrogen and oxygen atoms in total. The monoisotopic (exact) mass is 488 g/mol. The summed E-state index contributed by atoms with van der Waals surface area (Å²) in [7, 11) is 0. The molecule has 2 aromatic heterocycles. The molecule has 0 aliphatic carbocycles. The molecule has 37 heavy (non-hydrogen) atoms. The van der Waals surface area contributed by atoms with Crippen molar-refractivity contribution in [2.75, 3.05) is 0 Å². The van der Waals surface area contributed by atoms with Crippen molar-refractivity contribution < 1.29 is 0 Å². The van der Waals surface area contributed by atoms with E-state index in [0.717, 1.165) is 16.7 Å². The number of aromatic nitrogens is 1. The molecule has 0 N–H and O–H groups in total. The third-order valence-electron chi connectivity index (χ3n) is 6.96. The first-order chi connectivity index (χ1) is 18.3. The van der Waals surface area contributed by atoms with Gasteiger partial charge in [0.2, 0.25) is 0 Å². The van der Waals surface area contributed by atoms with Gasteiger partial charge >= 0.3 is 0 Å². The van der Waals surface area contributed by atoms with Crippen LogP contribution in [0.15, 0.2) is 122 Å². The molecule has 0 saturated heterocycles. The van der Waals surface area contributed by atoms with E-state index in [2.05, 4.69) is 114 Å². The normalized spacial score (nSPS) is 11.2. The number of nitrogens with zero attached hydrogens (tertiary/aromatic N) is 2. The van der Waals surface area contributed by atoms with Crippen molar-refractivity contribution in [3.8, 4) is 39.4 Å². The molecular weight excluding hydrogens is 468 g/mol. The number of thiophene rings is 1. The molecule has 0 unspecified atom stereocenters. The van der Waals surface area contributed by atoms with E-state index >= 15 is 0 Å². The van der Waals surface area contributed by atoms with Gasteiger partial charge in [0.15, 0.2) is 0 Å². The Kier molecular flexibility index (Phi) is 5.06. The highest BCUT2D eigenvalue weighted by Gasteiger charge is 2.14.